The van der Waals surface area contributed by atoms with E-state index in [2.05, 4.69) is 0 Å². The van der Waals surface area contributed by atoms with E-state index in [0.29, 0.717) is 16.7 Å². The number of carbonyl (C=O) groups is 3. The van der Waals surface area contributed by atoms with Crippen LogP contribution in [0.15, 0.2) is 48.5 Å². The Morgan fingerprint density at radius 1 is 1.00 bits per heavy atom. The van der Waals surface area contributed by atoms with Crippen LogP contribution >= 0.6 is 0 Å². The van der Waals surface area contributed by atoms with Gasteiger partial charge in [0.15, 0.2) is 6.61 Å². The predicted octanol–water partition coefficient (Wildman–Crippen LogP) is 1.78. The van der Waals surface area contributed by atoms with Crippen LogP contribution in [0.2, 0.25) is 0 Å². The zero-order valence-electron chi connectivity index (χ0n) is 13.7. The van der Waals surface area contributed by atoms with E-state index >= 15 is 0 Å². The van der Waals surface area contributed by atoms with E-state index < -0.39 is 17.8 Å². The Morgan fingerprint density at radius 3 is 2.27 bits per heavy atom. The molecule has 0 atom stereocenters. The molecule has 7 nitrogen and oxygen atoms in total. The Hall–Kier alpha value is -3.66. The average Bonchev–Trinajstić information content (AvgIpc) is 2.91. The number of imide groups is 1. The van der Waals surface area contributed by atoms with Gasteiger partial charge in [0.05, 0.1) is 23.2 Å². The normalized spacial score (nSPS) is 12.5. The van der Waals surface area contributed by atoms with E-state index in [1.165, 1.54) is 0 Å². The van der Waals surface area contributed by atoms with Gasteiger partial charge in [-0.1, -0.05) is 24.3 Å². The Bertz CT molecular complexity index is 881. The zero-order valence-corrected chi connectivity index (χ0v) is 13.7. The summed E-state index contributed by atoms with van der Waals surface area (Å²) < 4.78 is 10.3. The first-order valence-electron chi connectivity index (χ1n) is 7.84. The van der Waals surface area contributed by atoms with E-state index in [1.807, 2.05) is 6.07 Å². The van der Waals surface area contributed by atoms with Crippen LogP contribution in [-0.2, 0) is 9.53 Å². The predicted molar refractivity (Wildman–Crippen MR) is 89.4 cm³/mol. The molecule has 7 heteroatoms. The second kappa shape index (κ2) is 7.49. The smallest absolute Gasteiger partial charge is 0.344 e. The summed E-state index contributed by atoms with van der Waals surface area (Å²) >= 11 is 0. The van der Waals surface area contributed by atoms with Crippen molar-refractivity contribution in [2.45, 2.75) is 0 Å². The monoisotopic (exact) mass is 350 g/mol. The molecule has 0 unspecified atom stereocenters. The van der Waals surface area contributed by atoms with E-state index in [4.69, 9.17) is 14.7 Å². The number of amides is 2. The number of rotatable bonds is 6. The van der Waals surface area contributed by atoms with Gasteiger partial charge in [-0.3, -0.25) is 14.5 Å². The van der Waals surface area contributed by atoms with Crippen LogP contribution in [0.5, 0.6) is 5.75 Å². The SMILES string of the molecule is N#Cc1ccccc1OCC(=O)OCCN1C(=O)c2ccccc2C1=O. The number of fused-ring (bicyclic) bond motifs is 1. The third kappa shape index (κ3) is 3.39. The van der Waals surface area contributed by atoms with Gasteiger partial charge in [-0.05, 0) is 24.3 Å². The van der Waals surface area contributed by atoms with Gasteiger partial charge in [-0.25, -0.2) is 4.79 Å². The van der Waals surface area contributed by atoms with E-state index in [1.54, 1.807) is 48.5 Å². The highest BCUT2D eigenvalue weighted by Gasteiger charge is 2.34. The van der Waals surface area contributed by atoms with Gasteiger partial charge >= 0.3 is 5.97 Å². The molecule has 1 aliphatic rings. The highest BCUT2D eigenvalue weighted by molar-refractivity contribution is 6.21. The third-order valence-corrected chi connectivity index (χ3v) is 3.81. The van der Waals surface area contributed by atoms with Gasteiger partial charge in [0.1, 0.15) is 18.4 Å². The summed E-state index contributed by atoms with van der Waals surface area (Å²) in [5.41, 5.74) is 1.01. The first kappa shape index (κ1) is 17.2. The molecular formula is C19H14N2O5. The molecule has 130 valence electrons. The maximum Gasteiger partial charge on any atom is 0.344 e. The lowest BCUT2D eigenvalue weighted by atomic mass is 10.1. The molecule has 0 aromatic heterocycles. The molecule has 1 heterocycles. The second-order valence-electron chi connectivity index (χ2n) is 5.42. The van der Waals surface area contributed by atoms with E-state index in [-0.39, 0.29) is 25.5 Å². The molecule has 0 saturated heterocycles. The number of ether oxygens (including phenoxy) is 2. The zero-order chi connectivity index (χ0) is 18.5. The third-order valence-electron chi connectivity index (χ3n) is 3.81. The summed E-state index contributed by atoms with van der Waals surface area (Å²) in [6.45, 7) is -0.540. The molecule has 2 aromatic carbocycles. The van der Waals surface area contributed by atoms with Crippen molar-refractivity contribution < 1.29 is 23.9 Å². The summed E-state index contributed by atoms with van der Waals surface area (Å²) in [5.74, 6) is -1.18. The standard InChI is InChI=1S/C19H14N2O5/c20-11-13-5-1-4-8-16(13)26-12-17(22)25-10-9-21-18(23)14-6-2-3-7-15(14)19(21)24/h1-8H,9-10,12H2. The molecule has 0 aliphatic carbocycles. The Morgan fingerprint density at radius 2 is 1.62 bits per heavy atom. The number of nitriles is 1. The van der Waals surface area contributed by atoms with E-state index in [9.17, 15) is 14.4 Å². The van der Waals surface area contributed by atoms with Crippen molar-refractivity contribution >= 4 is 17.8 Å². The molecule has 3 rings (SSSR count). The van der Waals surface area contributed by atoms with Crippen molar-refractivity contribution in [1.29, 1.82) is 5.26 Å². The first-order chi connectivity index (χ1) is 12.6. The van der Waals surface area contributed by atoms with E-state index in [0.717, 1.165) is 4.90 Å². The fourth-order valence-electron chi connectivity index (χ4n) is 2.56. The Kier molecular flexibility index (Phi) is 4.94. The minimum Gasteiger partial charge on any atom is -0.481 e. The average molecular weight is 350 g/mol. The molecule has 0 fully saturated rings. The van der Waals surface area contributed by atoms with Crippen molar-refractivity contribution in [2.24, 2.45) is 0 Å². The molecule has 1 aliphatic heterocycles. The van der Waals surface area contributed by atoms with Crippen LogP contribution in [0.1, 0.15) is 26.3 Å². The second-order valence-corrected chi connectivity index (χ2v) is 5.42. The Balaban J connectivity index is 1.48. The summed E-state index contributed by atoms with van der Waals surface area (Å²) in [6.07, 6.45) is 0. The quantitative estimate of drug-likeness (QED) is 0.582. The molecule has 0 radical (unpaired) electrons. The minimum absolute atomic E-state index is 0.0349. The molecule has 2 aromatic rings. The van der Waals surface area contributed by atoms with Crippen molar-refractivity contribution in [3.8, 4) is 11.8 Å². The maximum atomic E-state index is 12.2. The lowest BCUT2D eigenvalue weighted by molar-refractivity contribution is -0.146. The van der Waals surface area contributed by atoms with Crippen LogP contribution < -0.4 is 4.74 Å². The molecule has 2 amide bonds. The van der Waals surface area contributed by atoms with Crippen LogP contribution in [0, 0.1) is 11.3 Å². The summed E-state index contributed by atoms with van der Waals surface area (Å²) in [5, 5.41) is 8.95. The van der Waals surface area contributed by atoms with Gasteiger partial charge in [-0.15, -0.1) is 0 Å². The van der Waals surface area contributed by atoms with Crippen LogP contribution in [-0.4, -0.2) is 42.4 Å². The summed E-state index contributed by atoms with van der Waals surface area (Å²) in [4.78, 5) is 37.1. The highest BCUT2D eigenvalue weighted by atomic mass is 16.6. The number of hydrogen-bond donors (Lipinski definition) is 0. The van der Waals surface area contributed by atoms with Gasteiger partial charge in [0, 0.05) is 0 Å². The topological polar surface area (TPSA) is 96.7 Å². The first-order valence-corrected chi connectivity index (χ1v) is 7.84. The van der Waals surface area contributed by atoms with Gasteiger partial charge in [0.25, 0.3) is 11.8 Å². The van der Waals surface area contributed by atoms with Crippen molar-refractivity contribution in [3.63, 3.8) is 0 Å². The Labute approximate surface area is 149 Å². The number of carbonyl (C=O) groups excluding carboxylic acids is 3. The number of esters is 1. The lowest BCUT2D eigenvalue weighted by Gasteiger charge is -2.14. The number of benzene rings is 2. The molecule has 0 N–H and O–H groups in total. The van der Waals surface area contributed by atoms with Crippen molar-refractivity contribution in [2.75, 3.05) is 19.8 Å². The summed E-state index contributed by atoms with van der Waals surface area (Å²) in [7, 11) is 0. The van der Waals surface area contributed by atoms with Crippen molar-refractivity contribution in [1.82, 2.24) is 4.90 Å². The molecule has 0 spiro atoms. The van der Waals surface area contributed by atoms with Crippen LogP contribution in [0.4, 0.5) is 0 Å². The van der Waals surface area contributed by atoms with Gasteiger partial charge in [0.2, 0.25) is 0 Å². The summed E-state index contributed by atoms with van der Waals surface area (Å²) in [6, 6.07) is 15.0. The molecule has 26 heavy (non-hydrogen) atoms. The molecule has 0 bridgehead atoms. The van der Waals surface area contributed by atoms with Crippen LogP contribution in [0.25, 0.3) is 0 Å². The lowest BCUT2D eigenvalue weighted by Crippen LogP contribution is -2.34. The van der Waals surface area contributed by atoms with Gasteiger partial charge < -0.3 is 9.47 Å². The van der Waals surface area contributed by atoms with Gasteiger partial charge in [-0.2, -0.15) is 5.26 Å². The number of para-hydroxylation sites is 1. The fourth-order valence-corrected chi connectivity index (χ4v) is 2.56. The minimum atomic E-state index is -0.658. The molecular weight excluding hydrogens is 336 g/mol. The van der Waals surface area contributed by atoms with Crippen LogP contribution in [0.3, 0.4) is 0 Å². The highest BCUT2D eigenvalue weighted by Crippen LogP contribution is 2.22. The largest absolute Gasteiger partial charge is 0.481 e. The molecule has 0 saturated carbocycles. The fraction of sp³-hybridized carbons (Fsp3) is 0.158. The number of nitrogens with zero attached hydrogens (tertiary/aromatic N) is 2. The van der Waals surface area contributed by atoms with Crippen molar-refractivity contribution in [3.05, 3.63) is 65.2 Å². The number of hydrogen-bond acceptors (Lipinski definition) is 6. The maximum absolute atomic E-state index is 12.2.